The van der Waals surface area contributed by atoms with Gasteiger partial charge in [-0.05, 0) is 37.1 Å². The van der Waals surface area contributed by atoms with E-state index in [1.807, 2.05) is 0 Å². The minimum atomic E-state index is -0.566. The second kappa shape index (κ2) is 8.86. The van der Waals surface area contributed by atoms with Crippen molar-refractivity contribution in [2.24, 2.45) is 5.92 Å². The lowest BCUT2D eigenvalue weighted by Crippen LogP contribution is -2.46. The average molecular weight is 398 g/mol. The van der Waals surface area contributed by atoms with E-state index in [2.05, 4.69) is 19.2 Å². The third-order valence-corrected chi connectivity index (χ3v) is 4.41. The minimum Gasteiger partial charge on any atom is -0.497 e. The van der Waals surface area contributed by atoms with Gasteiger partial charge in [-0.15, -0.1) is 0 Å². The predicted molar refractivity (Wildman–Crippen MR) is 111 cm³/mol. The maximum atomic E-state index is 12.5. The molecule has 0 radical (unpaired) electrons. The Morgan fingerprint density at radius 1 is 1.21 bits per heavy atom. The molecule has 0 saturated heterocycles. The van der Waals surface area contributed by atoms with Crippen molar-refractivity contribution in [1.82, 2.24) is 0 Å². The van der Waals surface area contributed by atoms with Crippen molar-refractivity contribution in [3.8, 4) is 17.2 Å². The maximum absolute atomic E-state index is 12.5. The molecule has 2 amide bonds. The highest BCUT2D eigenvalue weighted by atomic mass is 16.5. The standard InChI is InChI=1S/C22H26N2O5/c1-14(2)12-24-19-9-8-16(10-20(19)29-15(3)22(24)26)23-21(25)13-28-18-7-5-6-17(11-18)27-4/h5-11,14-15H,12-13H2,1-4H3,(H,23,25). The Hall–Kier alpha value is -3.22. The van der Waals surface area contributed by atoms with Crippen molar-refractivity contribution in [2.45, 2.75) is 26.9 Å². The molecule has 1 heterocycles. The zero-order valence-corrected chi connectivity index (χ0v) is 17.1. The summed E-state index contributed by atoms with van der Waals surface area (Å²) in [5.41, 5.74) is 1.29. The molecule has 1 aliphatic rings. The number of anilines is 2. The Kier molecular flexibility index (Phi) is 6.26. The first-order valence-corrected chi connectivity index (χ1v) is 9.56. The van der Waals surface area contributed by atoms with Crippen LogP contribution in [-0.4, -0.2) is 38.2 Å². The van der Waals surface area contributed by atoms with Gasteiger partial charge in [0.05, 0.1) is 12.8 Å². The summed E-state index contributed by atoms with van der Waals surface area (Å²) in [5, 5.41) is 2.79. The number of ether oxygens (including phenoxy) is 3. The molecule has 3 rings (SSSR count). The highest BCUT2D eigenvalue weighted by Crippen LogP contribution is 2.36. The van der Waals surface area contributed by atoms with Crippen LogP contribution in [0, 0.1) is 5.92 Å². The molecule has 1 unspecified atom stereocenters. The lowest BCUT2D eigenvalue weighted by atomic mass is 10.1. The van der Waals surface area contributed by atoms with Crippen LogP contribution in [0.1, 0.15) is 20.8 Å². The van der Waals surface area contributed by atoms with Gasteiger partial charge in [-0.25, -0.2) is 0 Å². The number of hydrogen-bond acceptors (Lipinski definition) is 5. The largest absolute Gasteiger partial charge is 0.497 e. The zero-order valence-electron chi connectivity index (χ0n) is 17.1. The highest BCUT2D eigenvalue weighted by Gasteiger charge is 2.31. The smallest absolute Gasteiger partial charge is 0.267 e. The van der Waals surface area contributed by atoms with E-state index in [1.54, 1.807) is 61.4 Å². The van der Waals surface area contributed by atoms with Gasteiger partial charge in [-0.2, -0.15) is 0 Å². The fourth-order valence-electron chi connectivity index (χ4n) is 3.08. The quantitative estimate of drug-likeness (QED) is 0.773. The number of methoxy groups -OCH3 is 1. The summed E-state index contributed by atoms with van der Waals surface area (Å²) < 4.78 is 16.4. The van der Waals surface area contributed by atoms with Crippen molar-refractivity contribution in [3.05, 3.63) is 42.5 Å². The molecule has 1 atom stereocenters. The SMILES string of the molecule is COc1cccc(OCC(=O)Nc2ccc3c(c2)OC(C)C(=O)N3CC(C)C)c1. The van der Waals surface area contributed by atoms with Gasteiger partial charge in [0.15, 0.2) is 12.7 Å². The van der Waals surface area contributed by atoms with Crippen LogP contribution in [0.4, 0.5) is 11.4 Å². The van der Waals surface area contributed by atoms with Gasteiger partial charge in [-0.3, -0.25) is 9.59 Å². The maximum Gasteiger partial charge on any atom is 0.267 e. The van der Waals surface area contributed by atoms with E-state index in [0.29, 0.717) is 41.1 Å². The molecule has 1 N–H and O–H groups in total. The lowest BCUT2D eigenvalue weighted by Gasteiger charge is -2.34. The Morgan fingerprint density at radius 3 is 2.69 bits per heavy atom. The predicted octanol–water partition coefficient (Wildman–Crippen LogP) is 3.48. The van der Waals surface area contributed by atoms with E-state index in [1.165, 1.54) is 0 Å². The van der Waals surface area contributed by atoms with E-state index in [-0.39, 0.29) is 18.4 Å². The molecule has 7 heteroatoms. The minimum absolute atomic E-state index is 0.0605. The van der Waals surface area contributed by atoms with E-state index < -0.39 is 6.10 Å². The molecule has 2 aromatic carbocycles. The fourth-order valence-corrected chi connectivity index (χ4v) is 3.08. The summed E-state index contributed by atoms with van der Waals surface area (Å²) in [4.78, 5) is 26.5. The van der Waals surface area contributed by atoms with Gasteiger partial charge in [0.2, 0.25) is 0 Å². The molecule has 0 bridgehead atoms. The van der Waals surface area contributed by atoms with Crippen molar-refractivity contribution in [1.29, 1.82) is 0 Å². The van der Waals surface area contributed by atoms with Gasteiger partial charge in [-0.1, -0.05) is 19.9 Å². The first-order valence-electron chi connectivity index (χ1n) is 9.56. The molecule has 0 fully saturated rings. The summed E-state index contributed by atoms with van der Waals surface area (Å²) in [7, 11) is 1.57. The van der Waals surface area contributed by atoms with Gasteiger partial charge in [0.25, 0.3) is 11.8 Å². The van der Waals surface area contributed by atoms with Crippen molar-refractivity contribution in [3.63, 3.8) is 0 Å². The number of carbonyl (C=O) groups excluding carboxylic acids is 2. The second-order valence-electron chi connectivity index (χ2n) is 7.30. The Morgan fingerprint density at radius 2 is 1.97 bits per heavy atom. The van der Waals surface area contributed by atoms with Crippen LogP contribution < -0.4 is 24.4 Å². The molecule has 7 nitrogen and oxygen atoms in total. The molecule has 154 valence electrons. The van der Waals surface area contributed by atoms with Crippen LogP contribution in [0.25, 0.3) is 0 Å². The third-order valence-electron chi connectivity index (χ3n) is 4.41. The Balaban J connectivity index is 1.67. The second-order valence-corrected chi connectivity index (χ2v) is 7.30. The zero-order chi connectivity index (χ0) is 21.0. The average Bonchev–Trinajstić information content (AvgIpc) is 2.69. The summed E-state index contributed by atoms with van der Waals surface area (Å²) in [6.07, 6.45) is -0.566. The molecular formula is C22H26N2O5. The van der Waals surface area contributed by atoms with E-state index in [9.17, 15) is 9.59 Å². The summed E-state index contributed by atoms with van der Waals surface area (Å²) in [6.45, 7) is 6.32. The van der Waals surface area contributed by atoms with Crippen molar-refractivity contribution in [2.75, 3.05) is 30.5 Å². The molecule has 29 heavy (non-hydrogen) atoms. The van der Waals surface area contributed by atoms with Crippen molar-refractivity contribution < 1.29 is 23.8 Å². The fraction of sp³-hybridized carbons (Fsp3) is 0.364. The van der Waals surface area contributed by atoms with E-state index in [4.69, 9.17) is 14.2 Å². The number of amides is 2. The molecule has 0 saturated carbocycles. The monoisotopic (exact) mass is 398 g/mol. The van der Waals surface area contributed by atoms with Crippen LogP contribution in [0.3, 0.4) is 0 Å². The lowest BCUT2D eigenvalue weighted by molar-refractivity contribution is -0.125. The molecule has 2 aromatic rings. The Labute approximate surface area is 170 Å². The normalized spacial score (nSPS) is 15.6. The number of rotatable bonds is 7. The first kappa shape index (κ1) is 20.5. The number of benzene rings is 2. The van der Waals surface area contributed by atoms with Crippen molar-refractivity contribution >= 4 is 23.2 Å². The third kappa shape index (κ3) is 4.99. The van der Waals surface area contributed by atoms with Gasteiger partial charge in [0.1, 0.15) is 17.2 Å². The van der Waals surface area contributed by atoms with Gasteiger partial charge in [0, 0.05) is 24.4 Å². The van der Waals surface area contributed by atoms with Crippen LogP contribution in [0.15, 0.2) is 42.5 Å². The van der Waals surface area contributed by atoms with E-state index in [0.717, 1.165) is 0 Å². The number of nitrogens with zero attached hydrogens (tertiary/aromatic N) is 1. The molecule has 0 aromatic heterocycles. The Bertz CT molecular complexity index is 897. The molecular weight excluding hydrogens is 372 g/mol. The number of fused-ring (bicyclic) bond motifs is 1. The molecule has 0 aliphatic carbocycles. The first-order chi connectivity index (χ1) is 13.9. The number of nitrogens with one attached hydrogen (secondary N) is 1. The summed E-state index contributed by atoms with van der Waals surface area (Å²) in [6, 6.07) is 12.3. The molecule has 1 aliphatic heterocycles. The molecule has 0 spiro atoms. The van der Waals surface area contributed by atoms with Crippen LogP contribution >= 0.6 is 0 Å². The van der Waals surface area contributed by atoms with Crippen LogP contribution in [0.2, 0.25) is 0 Å². The number of hydrogen-bond donors (Lipinski definition) is 1. The van der Waals surface area contributed by atoms with Crippen LogP contribution in [0.5, 0.6) is 17.2 Å². The van der Waals surface area contributed by atoms with Gasteiger partial charge >= 0.3 is 0 Å². The topological polar surface area (TPSA) is 77.1 Å². The summed E-state index contributed by atoms with van der Waals surface area (Å²) >= 11 is 0. The highest BCUT2D eigenvalue weighted by molar-refractivity contribution is 6.00. The number of carbonyl (C=O) groups is 2. The van der Waals surface area contributed by atoms with E-state index >= 15 is 0 Å². The van der Waals surface area contributed by atoms with Gasteiger partial charge < -0.3 is 24.4 Å². The summed E-state index contributed by atoms with van der Waals surface area (Å²) in [5.74, 6) is 1.74. The van der Waals surface area contributed by atoms with Crippen LogP contribution in [-0.2, 0) is 9.59 Å².